The number of hydrogen-bond donors (Lipinski definition) is 1. The molecule has 2 aromatic rings. The number of Topliss-reactive ketones (excluding diaryl/α,β-unsaturated/α-hetero) is 1. The van der Waals surface area contributed by atoms with Crippen LogP contribution < -0.4 is 5.90 Å². The second-order valence-electron chi connectivity index (χ2n) is 4.71. The lowest BCUT2D eigenvalue weighted by molar-refractivity contribution is -0.164. The smallest absolute Gasteiger partial charge is 0.370 e. The Morgan fingerprint density at radius 3 is 1.58 bits per heavy atom. The average Bonchev–Trinajstić information content (AvgIpc) is 2.59. The third kappa shape index (κ3) is 3.69. The van der Waals surface area contributed by atoms with Crippen molar-refractivity contribution in [3.63, 3.8) is 0 Å². The van der Waals surface area contributed by atoms with Crippen LogP contribution >= 0.6 is 0 Å². The number of alkyl halides is 3. The molecule has 0 unspecified atom stereocenters. The largest absolute Gasteiger partial charge is 0.454 e. The normalized spacial score (nSPS) is 12.3. The summed E-state index contributed by atoms with van der Waals surface area (Å²) in [5, 5.41) is 0. The lowest BCUT2D eigenvalue weighted by atomic mass is 9.91. The summed E-state index contributed by atoms with van der Waals surface area (Å²) >= 11 is 0. The molecule has 2 N–H and O–H groups in total. The number of carbonyl (C=O) groups excluding carboxylic acids is 2. The minimum atomic E-state index is -5.17. The lowest BCUT2D eigenvalue weighted by Crippen LogP contribution is -2.26. The molecule has 0 radical (unpaired) electrons. The van der Waals surface area contributed by atoms with Crippen LogP contribution in [0, 0.1) is 0 Å². The molecule has 0 saturated carbocycles. The lowest BCUT2D eigenvalue weighted by Gasteiger charge is -2.15. The van der Waals surface area contributed by atoms with Gasteiger partial charge in [-0.25, -0.2) is 4.79 Å². The van der Waals surface area contributed by atoms with E-state index in [1.165, 1.54) is 48.5 Å². The molecule has 0 bridgehead atoms. The molecule has 2 rings (SSSR count). The third-order valence-corrected chi connectivity index (χ3v) is 3.17. The zero-order chi connectivity index (χ0) is 17.7. The van der Waals surface area contributed by atoms with Crippen LogP contribution in [0.3, 0.4) is 0 Å². The van der Waals surface area contributed by atoms with Gasteiger partial charge in [0.15, 0.2) is 0 Å². The molecule has 7 heteroatoms. The van der Waals surface area contributed by atoms with Crippen molar-refractivity contribution in [2.45, 2.75) is 6.18 Å². The fourth-order valence-electron chi connectivity index (χ4n) is 2.16. The summed E-state index contributed by atoms with van der Waals surface area (Å²) < 4.78 is 39.2. The molecule has 0 spiro atoms. The van der Waals surface area contributed by atoms with E-state index in [9.17, 15) is 22.8 Å². The van der Waals surface area contributed by atoms with Crippen LogP contribution in [0.2, 0.25) is 0 Å². The van der Waals surface area contributed by atoms with E-state index in [1.807, 2.05) is 0 Å². The molecule has 0 heterocycles. The highest BCUT2D eigenvalue weighted by molar-refractivity contribution is 6.40. The number of benzene rings is 2. The maximum absolute atomic E-state index is 13.1. The number of ketones is 1. The van der Waals surface area contributed by atoms with E-state index in [0.29, 0.717) is 0 Å². The van der Waals surface area contributed by atoms with Crippen molar-refractivity contribution in [3.05, 3.63) is 71.8 Å². The molecule has 0 saturated heterocycles. The van der Waals surface area contributed by atoms with E-state index < -0.39 is 29.1 Å². The van der Waals surface area contributed by atoms with Crippen LogP contribution in [0.5, 0.6) is 0 Å². The van der Waals surface area contributed by atoms with Gasteiger partial charge in [-0.3, -0.25) is 4.79 Å². The molecule has 0 atom stereocenters. The van der Waals surface area contributed by atoms with Crippen molar-refractivity contribution in [1.82, 2.24) is 0 Å². The van der Waals surface area contributed by atoms with E-state index in [2.05, 4.69) is 4.84 Å². The SMILES string of the molecule is NOC(=O)C(=C(C(=O)C(F)(F)F)c1ccccc1)c1ccccc1. The fourth-order valence-corrected chi connectivity index (χ4v) is 2.16. The first-order valence-corrected chi connectivity index (χ1v) is 6.74. The standard InChI is InChI=1S/C17H12F3NO3/c18-17(19,20)15(22)13(11-7-3-1-4-8-11)14(16(23)24-21)12-9-5-2-6-10-12/h1-10H,21H2. The van der Waals surface area contributed by atoms with Gasteiger partial charge in [0.25, 0.3) is 5.78 Å². The second kappa shape index (κ2) is 7.10. The Bertz CT molecular complexity index is 769. The first-order chi connectivity index (χ1) is 11.4. The summed E-state index contributed by atoms with van der Waals surface area (Å²) in [6, 6.07) is 14.5. The Balaban J connectivity index is 2.84. The van der Waals surface area contributed by atoms with Gasteiger partial charge in [0, 0.05) is 5.57 Å². The fraction of sp³-hybridized carbons (Fsp3) is 0.0588. The highest BCUT2D eigenvalue weighted by Gasteiger charge is 2.43. The van der Waals surface area contributed by atoms with Crippen LogP contribution in [0.1, 0.15) is 11.1 Å². The highest BCUT2D eigenvalue weighted by Crippen LogP contribution is 2.33. The van der Waals surface area contributed by atoms with Gasteiger partial charge >= 0.3 is 12.1 Å². The Hall–Kier alpha value is -2.93. The van der Waals surface area contributed by atoms with Crippen LogP contribution in [-0.2, 0) is 14.4 Å². The van der Waals surface area contributed by atoms with Crippen molar-refractivity contribution in [2.24, 2.45) is 5.90 Å². The molecule has 4 nitrogen and oxygen atoms in total. The van der Waals surface area contributed by atoms with Gasteiger partial charge in [0.05, 0.1) is 5.57 Å². The Labute approximate surface area is 135 Å². The molecule has 124 valence electrons. The number of nitrogens with two attached hydrogens (primary N) is 1. The second-order valence-corrected chi connectivity index (χ2v) is 4.71. The van der Waals surface area contributed by atoms with Gasteiger partial charge in [-0.15, -0.1) is 0 Å². The summed E-state index contributed by atoms with van der Waals surface area (Å²) in [6.07, 6.45) is -5.17. The molecule has 0 fully saturated rings. The van der Waals surface area contributed by atoms with Crippen LogP contribution in [0.4, 0.5) is 13.2 Å². The van der Waals surface area contributed by atoms with E-state index >= 15 is 0 Å². The van der Waals surface area contributed by atoms with Crippen molar-refractivity contribution < 1.29 is 27.6 Å². The molecule has 0 amide bonds. The first kappa shape index (κ1) is 17.4. The van der Waals surface area contributed by atoms with Gasteiger partial charge in [-0.2, -0.15) is 19.1 Å². The molecular formula is C17H12F3NO3. The summed E-state index contributed by atoms with van der Waals surface area (Å²) in [5.74, 6) is 1.47. The zero-order valence-corrected chi connectivity index (χ0v) is 12.2. The monoisotopic (exact) mass is 335 g/mol. The van der Waals surface area contributed by atoms with Crippen molar-refractivity contribution in [2.75, 3.05) is 0 Å². The molecule has 2 aromatic carbocycles. The molecule has 24 heavy (non-hydrogen) atoms. The van der Waals surface area contributed by atoms with Crippen LogP contribution in [0.15, 0.2) is 60.7 Å². The first-order valence-electron chi connectivity index (χ1n) is 6.74. The summed E-state index contributed by atoms with van der Waals surface area (Å²) in [6.45, 7) is 0. The predicted octanol–water partition coefficient (Wildman–Crippen LogP) is 3.15. The maximum atomic E-state index is 13.1. The number of carbonyl (C=O) groups is 2. The Kier molecular flexibility index (Phi) is 5.15. The quantitative estimate of drug-likeness (QED) is 0.529. The zero-order valence-electron chi connectivity index (χ0n) is 12.2. The van der Waals surface area contributed by atoms with Crippen LogP contribution in [0.25, 0.3) is 11.1 Å². The average molecular weight is 335 g/mol. The van der Waals surface area contributed by atoms with E-state index in [0.717, 1.165) is 0 Å². The molecule has 0 aromatic heterocycles. The number of hydrogen-bond acceptors (Lipinski definition) is 4. The Morgan fingerprint density at radius 2 is 1.21 bits per heavy atom. The predicted molar refractivity (Wildman–Crippen MR) is 81.0 cm³/mol. The third-order valence-electron chi connectivity index (χ3n) is 3.17. The van der Waals surface area contributed by atoms with Crippen molar-refractivity contribution in [1.29, 1.82) is 0 Å². The van der Waals surface area contributed by atoms with Gasteiger partial charge < -0.3 is 4.84 Å². The van der Waals surface area contributed by atoms with E-state index in [1.54, 1.807) is 12.1 Å². The maximum Gasteiger partial charge on any atom is 0.454 e. The minimum absolute atomic E-state index is 0.0657. The van der Waals surface area contributed by atoms with Gasteiger partial charge in [0.1, 0.15) is 0 Å². The van der Waals surface area contributed by atoms with Gasteiger partial charge in [-0.05, 0) is 11.1 Å². The molecule has 0 aliphatic heterocycles. The minimum Gasteiger partial charge on any atom is -0.370 e. The van der Waals surface area contributed by atoms with Crippen molar-refractivity contribution in [3.8, 4) is 0 Å². The number of rotatable bonds is 4. The molecule has 0 aliphatic carbocycles. The Morgan fingerprint density at radius 1 is 0.792 bits per heavy atom. The van der Waals surface area contributed by atoms with Crippen molar-refractivity contribution >= 4 is 22.9 Å². The highest BCUT2D eigenvalue weighted by atomic mass is 19.4. The van der Waals surface area contributed by atoms with Gasteiger partial charge in [0.2, 0.25) is 0 Å². The van der Waals surface area contributed by atoms with E-state index in [-0.39, 0.29) is 11.1 Å². The van der Waals surface area contributed by atoms with Crippen LogP contribution in [-0.4, -0.2) is 17.9 Å². The summed E-state index contributed by atoms with van der Waals surface area (Å²) in [7, 11) is 0. The van der Waals surface area contributed by atoms with Gasteiger partial charge in [-0.1, -0.05) is 60.7 Å². The summed E-state index contributed by atoms with van der Waals surface area (Å²) in [5.41, 5.74) is -1.34. The topological polar surface area (TPSA) is 69.4 Å². The number of halogens is 3. The van der Waals surface area contributed by atoms with E-state index in [4.69, 9.17) is 5.90 Å². The number of allylic oxidation sites excluding steroid dienone is 1. The summed E-state index contributed by atoms with van der Waals surface area (Å²) in [4.78, 5) is 28.1. The molecular weight excluding hydrogens is 323 g/mol. The molecule has 0 aliphatic rings.